The van der Waals surface area contributed by atoms with Crippen molar-refractivity contribution in [2.75, 3.05) is 0 Å². The predicted octanol–water partition coefficient (Wildman–Crippen LogP) is 2.27. The molecule has 1 aromatic rings. The Morgan fingerprint density at radius 3 is 2.64 bits per heavy atom. The second-order valence-electron chi connectivity index (χ2n) is 4.60. The van der Waals surface area contributed by atoms with Crippen LogP contribution >= 0.6 is 0 Å². The minimum absolute atomic E-state index is 0.0282. The molecule has 0 fully saturated rings. The molecule has 0 radical (unpaired) electrons. The lowest BCUT2D eigenvalue weighted by atomic mass is 10.1. The highest BCUT2D eigenvalue weighted by atomic mass is 19.2. The zero-order valence-electron chi connectivity index (χ0n) is 12.0. The van der Waals surface area contributed by atoms with Crippen molar-refractivity contribution < 1.29 is 28.2 Å². The lowest BCUT2D eigenvalue weighted by Crippen LogP contribution is -2.46. The fraction of sp³-hybridized carbons (Fsp3) is 0.333. The number of aliphatic carboxylic acids is 1. The predicted molar refractivity (Wildman–Crippen MR) is 75.4 cm³/mol. The zero-order chi connectivity index (χ0) is 16.7. The summed E-state index contributed by atoms with van der Waals surface area (Å²) in [7, 11) is 0. The summed E-state index contributed by atoms with van der Waals surface area (Å²) in [6, 6.07) is 1.79. The smallest absolute Gasteiger partial charge is 0.326 e. The first-order valence-corrected chi connectivity index (χ1v) is 6.61. The molecule has 0 saturated carbocycles. The third kappa shape index (κ3) is 5.16. The molecule has 0 bridgehead atoms. The van der Waals surface area contributed by atoms with Crippen molar-refractivity contribution in [3.05, 3.63) is 42.5 Å². The van der Waals surface area contributed by atoms with Crippen molar-refractivity contribution in [2.45, 2.75) is 31.9 Å². The quantitative estimate of drug-likeness (QED) is 0.722. The maximum Gasteiger partial charge on any atom is 0.326 e. The van der Waals surface area contributed by atoms with E-state index < -0.39 is 35.7 Å². The molecule has 1 aromatic carbocycles. The van der Waals surface area contributed by atoms with Crippen LogP contribution in [0.5, 0.6) is 5.75 Å². The number of nitrogens with one attached hydrogen (secondary N) is 1. The molecule has 0 aliphatic heterocycles. The van der Waals surface area contributed by atoms with E-state index in [2.05, 4.69) is 11.9 Å². The first kappa shape index (κ1) is 17.6. The summed E-state index contributed by atoms with van der Waals surface area (Å²) in [5, 5.41) is 11.3. The molecule has 5 nitrogen and oxygen atoms in total. The number of benzene rings is 1. The van der Waals surface area contributed by atoms with Gasteiger partial charge in [-0.05, 0) is 31.9 Å². The van der Waals surface area contributed by atoms with Gasteiger partial charge >= 0.3 is 5.97 Å². The highest BCUT2D eigenvalue weighted by Gasteiger charge is 2.23. The van der Waals surface area contributed by atoms with Crippen LogP contribution in [0.15, 0.2) is 30.9 Å². The number of amides is 1. The SMILES string of the molecule is C=CCCC(NC(=O)C(C)Oc1ccc(F)c(F)c1)C(=O)O. The van der Waals surface area contributed by atoms with Crippen molar-refractivity contribution in [1.82, 2.24) is 5.32 Å². The van der Waals surface area contributed by atoms with E-state index in [-0.39, 0.29) is 12.2 Å². The van der Waals surface area contributed by atoms with Crippen LogP contribution in [-0.2, 0) is 9.59 Å². The van der Waals surface area contributed by atoms with Crippen molar-refractivity contribution in [2.24, 2.45) is 0 Å². The maximum absolute atomic E-state index is 13.0. The average molecular weight is 313 g/mol. The van der Waals surface area contributed by atoms with E-state index in [0.717, 1.165) is 12.1 Å². The third-order valence-corrected chi connectivity index (χ3v) is 2.85. The van der Waals surface area contributed by atoms with Gasteiger partial charge in [0.15, 0.2) is 17.7 Å². The second-order valence-corrected chi connectivity index (χ2v) is 4.60. The third-order valence-electron chi connectivity index (χ3n) is 2.85. The van der Waals surface area contributed by atoms with E-state index in [0.29, 0.717) is 6.42 Å². The van der Waals surface area contributed by atoms with Gasteiger partial charge in [0.1, 0.15) is 11.8 Å². The first-order valence-electron chi connectivity index (χ1n) is 6.61. The highest BCUT2D eigenvalue weighted by Crippen LogP contribution is 2.16. The van der Waals surface area contributed by atoms with Gasteiger partial charge in [0.05, 0.1) is 0 Å². The Morgan fingerprint density at radius 1 is 1.41 bits per heavy atom. The second kappa shape index (κ2) is 8.11. The number of halogens is 2. The van der Waals surface area contributed by atoms with E-state index in [4.69, 9.17) is 9.84 Å². The summed E-state index contributed by atoms with van der Waals surface area (Å²) in [5.74, 6) is -3.99. The number of hydrogen-bond acceptors (Lipinski definition) is 3. The Labute approximate surface area is 126 Å². The number of rotatable bonds is 8. The van der Waals surface area contributed by atoms with Crippen molar-refractivity contribution >= 4 is 11.9 Å². The molecule has 2 unspecified atom stereocenters. The van der Waals surface area contributed by atoms with Crippen molar-refractivity contribution in [3.63, 3.8) is 0 Å². The number of carboxylic acids is 1. The number of carbonyl (C=O) groups excluding carboxylic acids is 1. The fourth-order valence-corrected chi connectivity index (χ4v) is 1.64. The van der Waals surface area contributed by atoms with Crippen LogP contribution in [0, 0.1) is 11.6 Å². The van der Waals surface area contributed by atoms with Gasteiger partial charge in [-0.3, -0.25) is 4.79 Å². The van der Waals surface area contributed by atoms with Gasteiger partial charge in [0.25, 0.3) is 5.91 Å². The first-order chi connectivity index (χ1) is 10.3. The standard InChI is InChI=1S/C15H17F2NO4/c1-3-4-5-13(15(20)21)18-14(19)9(2)22-10-6-7-11(16)12(17)8-10/h3,6-9,13H,1,4-5H2,2H3,(H,18,19)(H,20,21). The van der Waals surface area contributed by atoms with Gasteiger partial charge in [-0.2, -0.15) is 0 Å². The topological polar surface area (TPSA) is 75.6 Å². The minimum Gasteiger partial charge on any atom is -0.481 e. The van der Waals surface area contributed by atoms with E-state index in [1.165, 1.54) is 13.0 Å². The monoisotopic (exact) mass is 313 g/mol. The number of carboxylic acid groups (broad SMARTS) is 1. The number of hydrogen-bond donors (Lipinski definition) is 2. The summed E-state index contributed by atoms with van der Waals surface area (Å²) in [6.45, 7) is 4.86. The van der Waals surface area contributed by atoms with Crippen LogP contribution < -0.4 is 10.1 Å². The molecule has 1 amide bonds. The summed E-state index contributed by atoms with van der Waals surface area (Å²) < 4.78 is 31.0. The average Bonchev–Trinajstić information content (AvgIpc) is 2.46. The number of allylic oxidation sites excluding steroid dienone is 1. The Balaban J connectivity index is 2.64. The molecule has 0 heterocycles. The van der Waals surface area contributed by atoms with Crippen molar-refractivity contribution in [3.8, 4) is 5.75 Å². The van der Waals surface area contributed by atoms with E-state index >= 15 is 0 Å². The number of ether oxygens (including phenoxy) is 1. The molecular formula is C15H17F2NO4. The Bertz CT molecular complexity index is 562. The fourth-order valence-electron chi connectivity index (χ4n) is 1.64. The normalized spacial score (nSPS) is 13.0. The van der Waals surface area contributed by atoms with Crippen LogP contribution in [0.1, 0.15) is 19.8 Å². The van der Waals surface area contributed by atoms with Gasteiger partial charge < -0.3 is 15.2 Å². The lowest BCUT2D eigenvalue weighted by molar-refractivity contribution is -0.143. The van der Waals surface area contributed by atoms with Gasteiger partial charge in [-0.15, -0.1) is 6.58 Å². The van der Waals surface area contributed by atoms with E-state index in [9.17, 15) is 18.4 Å². The molecular weight excluding hydrogens is 296 g/mol. The highest BCUT2D eigenvalue weighted by molar-refractivity contribution is 5.86. The molecule has 2 atom stereocenters. The molecule has 1 rings (SSSR count). The summed E-state index contributed by atoms with van der Waals surface area (Å²) >= 11 is 0. The van der Waals surface area contributed by atoms with Crippen LogP contribution in [0.25, 0.3) is 0 Å². The van der Waals surface area contributed by atoms with E-state index in [1.807, 2.05) is 0 Å². The minimum atomic E-state index is -1.17. The van der Waals surface area contributed by atoms with Gasteiger partial charge in [-0.1, -0.05) is 6.08 Å². The zero-order valence-corrected chi connectivity index (χ0v) is 12.0. The molecule has 0 aliphatic carbocycles. The Hall–Kier alpha value is -2.44. The Kier molecular flexibility index (Phi) is 6.49. The largest absolute Gasteiger partial charge is 0.481 e. The van der Waals surface area contributed by atoms with Crippen LogP contribution in [0.3, 0.4) is 0 Å². The molecule has 2 N–H and O–H groups in total. The van der Waals surface area contributed by atoms with Crippen LogP contribution in [0.2, 0.25) is 0 Å². The van der Waals surface area contributed by atoms with Crippen LogP contribution in [0.4, 0.5) is 8.78 Å². The Morgan fingerprint density at radius 2 is 2.09 bits per heavy atom. The summed E-state index contributed by atoms with van der Waals surface area (Å²) in [6.07, 6.45) is 1.11. The van der Waals surface area contributed by atoms with Gasteiger partial charge in [0.2, 0.25) is 0 Å². The molecule has 0 aliphatic rings. The van der Waals surface area contributed by atoms with Gasteiger partial charge in [-0.25, -0.2) is 13.6 Å². The molecule has 7 heteroatoms. The van der Waals surface area contributed by atoms with E-state index in [1.54, 1.807) is 6.08 Å². The summed E-state index contributed by atoms with van der Waals surface area (Å²) in [4.78, 5) is 22.9. The van der Waals surface area contributed by atoms with Crippen molar-refractivity contribution in [1.29, 1.82) is 0 Å². The molecule has 0 spiro atoms. The van der Waals surface area contributed by atoms with Crippen LogP contribution in [-0.4, -0.2) is 29.1 Å². The molecule has 120 valence electrons. The maximum atomic E-state index is 13.0. The lowest BCUT2D eigenvalue weighted by Gasteiger charge is -2.18. The molecule has 0 saturated heterocycles. The van der Waals surface area contributed by atoms with Gasteiger partial charge in [0, 0.05) is 6.07 Å². The molecule has 0 aromatic heterocycles. The summed E-state index contributed by atoms with van der Waals surface area (Å²) in [5.41, 5.74) is 0. The number of carbonyl (C=O) groups is 2. The molecule has 22 heavy (non-hydrogen) atoms.